The maximum Gasteiger partial charge on any atom is 0.210 e. The Morgan fingerprint density at radius 1 is 1.26 bits per heavy atom. The van der Waals surface area contributed by atoms with E-state index >= 15 is 0 Å². The normalized spacial score (nSPS) is 36.1. The molecule has 0 aromatic carbocycles. The van der Waals surface area contributed by atoms with Gasteiger partial charge >= 0.3 is 0 Å². The second-order valence-corrected chi connectivity index (χ2v) is 7.50. The third kappa shape index (κ3) is 2.12. The summed E-state index contributed by atoms with van der Waals surface area (Å²) >= 11 is 0. The number of carbonyl (C=O) groups excluding carboxylic acids is 1. The quantitative estimate of drug-likeness (QED) is 0.862. The van der Waals surface area contributed by atoms with E-state index in [1.54, 1.807) is 6.26 Å². The van der Waals surface area contributed by atoms with E-state index < -0.39 is 11.0 Å². The zero-order chi connectivity index (χ0) is 17.0. The largest absolute Gasteiger partial charge is 0.501 e. The van der Waals surface area contributed by atoms with Crippen molar-refractivity contribution in [3.8, 4) is 0 Å². The molecule has 1 fully saturated rings. The van der Waals surface area contributed by atoms with Gasteiger partial charge in [0, 0.05) is 5.57 Å². The van der Waals surface area contributed by atoms with E-state index in [2.05, 4.69) is 0 Å². The van der Waals surface area contributed by atoms with Crippen LogP contribution in [0.5, 0.6) is 0 Å². The van der Waals surface area contributed by atoms with E-state index in [-0.39, 0.29) is 35.4 Å². The molecule has 3 aliphatic rings. The lowest BCUT2D eigenvalue weighted by atomic mass is 9.75. The Morgan fingerprint density at radius 3 is 2.52 bits per heavy atom. The van der Waals surface area contributed by atoms with Crippen LogP contribution in [0.3, 0.4) is 0 Å². The molecule has 0 aromatic rings. The summed E-state index contributed by atoms with van der Waals surface area (Å²) in [6, 6.07) is 0. The topological polar surface area (TPSA) is 65.0 Å². The average molecular weight is 322 g/mol. The highest BCUT2D eigenvalue weighted by Crippen LogP contribution is 2.63. The molecule has 0 aromatic heterocycles. The van der Waals surface area contributed by atoms with Crippen molar-refractivity contribution in [3.63, 3.8) is 0 Å². The van der Waals surface area contributed by atoms with E-state index in [9.17, 15) is 9.90 Å². The van der Waals surface area contributed by atoms with Crippen molar-refractivity contribution in [1.82, 2.24) is 0 Å². The number of hydrogen-bond acceptors (Lipinski definition) is 5. The molecule has 2 aliphatic carbocycles. The third-order valence-corrected chi connectivity index (χ3v) is 5.05. The van der Waals surface area contributed by atoms with Crippen molar-refractivity contribution in [1.29, 1.82) is 0 Å². The molecule has 0 amide bonds. The smallest absolute Gasteiger partial charge is 0.210 e. The van der Waals surface area contributed by atoms with Gasteiger partial charge in [-0.2, -0.15) is 0 Å². The minimum Gasteiger partial charge on any atom is -0.501 e. The van der Waals surface area contributed by atoms with E-state index in [1.165, 1.54) is 0 Å². The molecule has 0 bridgehead atoms. The first-order valence-electron chi connectivity index (χ1n) is 8.39. The molecule has 3 rings (SSSR count). The Morgan fingerprint density at radius 2 is 1.91 bits per heavy atom. The Labute approximate surface area is 137 Å². The van der Waals surface area contributed by atoms with E-state index in [0.29, 0.717) is 13.0 Å². The van der Waals surface area contributed by atoms with Crippen molar-refractivity contribution >= 4 is 5.78 Å². The van der Waals surface area contributed by atoms with Crippen LogP contribution in [0.15, 0.2) is 23.4 Å². The summed E-state index contributed by atoms with van der Waals surface area (Å²) in [7, 11) is 0. The van der Waals surface area contributed by atoms with E-state index in [0.717, 1.165) is 12.0 Å². The summed E-state index contributed by atoms with van der Waals surface area (Å²) in [5.74, 6) is 0.408. The van der Waals surface area contributed by atoms with Crippen molar-refractivity contribution in [2.45, 2.75) is 65.3 Å². The van der Waals surface area contributed by atoms with Crippen LogP contribution in [-0.4, -0.2) is 35.3 Å². The second kappa shape index (κ2) is 5.26. The van der Waals surface area contributed by atoms with Gasteiger partial charge in [-0.3, -0.25) is 4.79 Å². The molecule has 1 heterocycles. The maximum atomic E-state index is 13.1. The molecular weight excluding hydrogens is 296 g/mol. The van der Waals surface area contributed by atoms with E-state index in [1.807, 2.05) is 34.6 Å². The molecule has 1 saturated carbocycles. The number of aliphatic hydroxyl groups is 1. The minimum absolute atomic E-state index is 0.147. The maximum absolute atomic E-state index is 13.1. The van der Waals surface area contributed by atoms with Gasteiger partial charge < -0.3 is 19.3 Å². The van der Waals surface area contributed by atoms with Crippen molar-refractivity contribution in [2.75, 3.05) is 6.61 Å². The summed E-state index contributed by atoms with van der Waals surface area (Å²) in [5, 5.41) is 11.6. The first-order valence-corrected chi connectivity index (χ1v) is 8.39. The molecular formula is C18H26O5. The number of carbonyl (C=O) groups is 1. The monoisotopic (exact) mass is 322 g/mol. The van der Waals surface area contributed by atoms with Gasteiger partial charge in [-0.05, 0) is 53.4 Å². The highest BCUT2D eigenvalue weighted by Gasteiger charge is 2.71. The molecule has 1 aliphatic heterocycles. The van der Waals surface area contributed by atoms with Gasteiger partial charge in [0.25, 0.3) is 0 Å². The van der Waals surface area contributed by atoms with E-state index in [4.69, 9.17) is 14.2 Å². The number of fused-ring (bicyclic) bond motifs is 3. The standard InChI is InChI=1S/C18H26O5/c1-10(2)22-14-15(19)17(5)8-12-6-7-21-9-13(12)18(17,20)16(14)23-11(3)4/h9-12,20H,6-8H2,1-5H3/t12-,17-,18-/m0/s1. The first-order chi connectivity index (χ1) is 10.7. The van der Waals surface area contributed by atoms with Gasteiger partial charge in [-0.25, -0.2) is 0 Å². The summed E-state index contributed by atoms with van der Waals surface area (Å²) in [6.07, 6.45) is 2.69. The first kappa shape index (κ1) is 16.4. The van der Waals surface area contributed by atoms with Gasteiger partial charge in [0.15, 0.2) is 11.4 Å². The van der Waals surface area contributed by atoms with Crippen molar-refractivity contribution in [2.24, 2.45) is 11.3 Å². The summed E-state index contributed by atoms with van der Waals surface area (Å²) in [5.41, 5.74) is -1.67. The van der Waals surface area contributed by atoms with Crippen LogP contribution in [0.25, 0.3) is 0 Å². The van der Waals surface area contributed by atoms with Gasteiger partial charge in [-0.15, -0.1) is 0 Å². The summed E-state index contributed by atoms with van der Waals surface area (Å²) < 4.78 is 17.1. The molecule has 5 nitrogen and oxygen atoms in total. The summed E-state index contributed by atoms with van der Waals surface area (Å²) in [6.45, 7) is 9.91. The van der Waals surface area contributed by atoms with Crippen LogP contribution < -0.4 is 0 Å². The molecule has 1 N–H and O–H groups in total. The van der Waals surface area contributed by atoms with Crippen LogP contribution in [0, 0.1) is 11.3 Å². The van der Waals surface area contributed by atoms with Crippen LogP contribution in [0.1, 0.15) is 47.5 Å². The Hall–Kier alpha value is -1.49. The minimum atomic E-state index is -1.47. The molecule has 0 saturated heterocycles. The third-order valence-electron chi connectivity index (χ3n) is 5.05. The van der Waals surface area contributed by atoms with Gasteiger partial charge in [0.05, 0.1) is 30.5 Å². The lowest BCUT2D eigenvalue weighted by Crippen LogP contribution is -2.45. The Balaban J connectivity index is 2.16. The Bertz CT molecular complexity index is 588. The number of hydrogen-bond donors (Lipinski definition) is 1. The van der Waals surface area contributed by atoms with Crippen LogP contribution in [0.4, 0.5) is 0 Å². The van der Waals surface area contributed by atoms with Gasteiger partial charge in [0.1, 0.15) is 0 Å². The SMILES string of the molecule is CC(C)OC1=C(OC(C)C)[C@@]2(O)C3=COCC[C@H]3C[C@@]2(C)C1=O. The number of rotatable bonds is 4. The second-order valence-electron chi connectivity index (χ2n) is 7.50. The molecule has 5 heteroatoms. The predicted octanol–water partition coefficient (Wildman–Crippen LogP) is 2.69. The summed E-state index contributed by atoms with van der Waals surface area (Å²) in [4.78, 5) is 13.1. The fraction of sp³-hybridized carbons (Fsp3) is 0.722. The molecule has 128 valence electrons. The molecule has 0 spiro atoms. The van der Waals surface area contributed by atoms with Crippen LogP contribution in [0.2, 0.25) is 0 Å². The number of ether oxygens (including phenoxy) is 3. The zero-order valence-electron chi connectivity index (χ0n) is 14.5. The number of ketones is 1. The fourth-order valence-corrected chi connectivity index (χ4v) is 4.04. The number of allylic oxidation sites excluding steroid dienone is 1. The Kier molecular flexibility index (Phi) is 3.75. The lowest BCUT2D eigenvalue weighted by Gasteiger charge is -2.34. The van der Waals surface area contributed by atoms with Crippen molar-refractivity contribution in [3.05, 3.63) is 23.4 Å². The highest BCUT2D eigenvalue weighted by atomic mass is 16.5. The average Bonchev–Trinajstić information content (AvgIpc) is 2.78. The van der Waals surface area contributed by atoms with Crippen molar-refractivity contribution < 1.29 is 24.1 Å². The lowest BCUT2D eigenvalue weighted by molar-refractivity contribution is -0.133. The van der Waals surface area contributed by atoms with Crippen LogP contribution in [-0.2, 0) is 19.0 Å². The zero-order valence-corrected chi connectivity index (χ0v) is 14.5. The molecule has 23 heavy (non-hydrogen) atoms. The molecule has 0 unspecified atom stereocenters. The van der Waals surface area contributed by atoms with Crippen LogP contribution >= 0.6 is 0 Å². The number of Topliss-reactive ketones (excluding diaryl/α,β-unsaturated/α-hetero) is 1. The molecule has 3 atom stereocenters. The van der Waals surface area contributed by atoms with Gasteiger partial charge in [0.2, 0.25) is 11.5 Å². The fourth-order valence-electron chi connectivity index (χ4n) is 4.04. The molecule has 0 radical (unpaired) electrons. The van der Waals surface area contributed by atoms with Gasteiger partial charge in [-0.1, -0.05) is 0 Å². The predicted molar refractivity (Wildman–Crippen MR) is 84.3 cm³/mol. The highest BCUT2D eigenvalue weighted by molar-refractivity contribution is 6.04.